The molecule has 0 bridgehead atoms. The number of methoxy groups -OCH3 is 2. The summed E-state index contributed by atoms with van der Waals surface area (Å²) in [4.78, 5) is 25.2. The lowest BCUT2D eigenvalue weighted by Crippen LogP contribution is -2.49. The molecule has 2 amide bonds. The molecule has 0 heterocycles. The highest BCUT2D eigenvalue weighted by Gasteiger charge is 2.24. The lowest BCUT2D eigenvalue weighted by molar-refractivity contribution is -0.124. The smallest absolute Gasteiger partial charge is 0.251 e. The number of ether oxygens (including phenoxy) is 2. The Bertz CT molecular complexity index is 787. The first-order valence-corrected chi connectivity index (χ1v) is 9.24. The predicted octanol–water partition coefficient (Wildman–Crippen LogP) is 2.91. The quantitative estimate of drug-likeness (QED) is 0.697. The van der Waals surface area contributed by atoms with Gasteiger partial charge in [-0.1, -0.05) is 38.1 Å². The highest BCUT2D eigenvalue weighted by Crippen LogP contribution is 2.12. The molecular weight excluding hydrogens is 356 g/mol. The number of amides is 2. The minimum atomic E-state index is -0.628. The molecule has 2 N–H and O–H groups in total. The van der Waals surface area contributed by atoms with Gasteiger partial charge in [0.1, 0.15) is 11.8 Å². The van der Waals surface area contributed by atoms with Gasteiger partial charge < -0.3 is 20.1 Å². The summed E-state index contributed by atoms with van der Waals surface area (Å²) < 4.78 is 10.2. The van der Waals surface area contributed by atoms with E-state index in [4.69, 9.17) is 9.47 Å². The van der Waals surface area contributed by atoms with Crippen LogP contribution in [0, 0.1) is 5.92 Å². The topological polar surface area (TPSA) is 76.7 Å². The summed E-state index contributed by atoms with van der Waals surface area (Å²) >= 11 is 0. The molecule has 28 heavy (non-hydrogen) atoms. The molecule has 2 rings (SSSR count). The second-order valence-electron chi connectivity index (χ2n) is 6.89. The van der Waals surface area contributed by atoms with E-state index in [0.717, 1.165) is 11.1 Å². The van der Waals surface area contributed by atoms with Crippen molar-refractivity contribution in [2.75, 3.05) is 14.2 Å². The molecule has 0 aliphatic rings. The predicted molar refractivity (Wildman–Crippen MR) is 108 cm³/mol. The third-order valence-corrected chi connectivity index (χ3v) is 4.36. The van der Waals surface area contributed by atoms with Crippen molar-refractivity contribution in [1.29, 1.82) is 0 Å². The van der Waals surface area contributed by atoms with Crippen molar-refractivity contribution in [2.45, 2.75) is 33.0 Å². The second-order valence-corrected chi connectivity index (χ2v) is 6.89. The van der Waals surface area contributed by atoms with Crippen molar-refractivity contribution in [2.24, 2.45) is 5.92 Å². The van der Waals surface area contributed by atoms with Gasteiger partial charge in [0.25, 0.3) is 5.91 Å². The van der Waals surface area contributed by atoms with E-state index < -0.39 is 6.04 Å². The zero-order chi connectivity index (χ0) is 20.5. The molecular formula is C22H28N2O4. The van der Waals surface area contributed by atoms with Crippen LogP contribution in [-0.2, 0) is 22.7 Å². The Labute approximate surface area is 166 Å². The normalized spacial score (nSPS) is 11.8. The van der Waals surface area contributed by atoms with Crippen LogP contribution in [0.25, 0.3) is 0 Å². The summed E-state index contributed by atoms with van der Waals surface area (Å²) in [6.07, 6.45) is 0. The molecule has 0 aliphatic carbocycles. The maximum absolute atomic E-state index is 12.7. The van der Waals surface area contributed by atoms with E-state index in [1.807, 2.05) is 38.1 Å². The van der Waals surface area contributed by atoms with Gasteiger partial charge in [-0.3, -0.25) is 9.59 Å². The van der Waals surface area contributed by atoms with Crippen LogP contribution in [0.2, 0.25) is 0 Å². The zero-order valence-electron chi connectivity index (χ0n) is 16.8. The summed E-state index contributed by atoms with van der Waals surface area (Å²) in [5.41, 5.74) is 2.50. The summed E-state index contributed by atoms with van der Waals surface area (Å²) in [6, 6.07) is 14.0. The largest absolute Gasteiger partial charge is 0.497 e. The Morgan fingerprint density at radius 2 is 1.68 bits per heavy atom. The first-order valence-electron chi connectivity index (χ1n) is 9.24. The zero-order valence-corrected chi connectivity index (χ0v) is 16.8. The van der Waals surface area contributed by atoms with Crippen molar-refractivity contribution < 1.29 is 19.1 Å². The van der Waals surface area contributed by atoms with Crippen LogP contribution in [-0.4, -0.2) is 32.1 Å². The number of carbonyl (C=O) groups is 2. The molecule has 6 heteroatoms. The third kappa shape index (κ3) is 6.09. The van der Waals surface area contributed by atoms with E-state index in [0.29, 0.717) is 24.5 Å². The molecule has 6 nitrogen and oxygen atoms in total. The van der Waals surface area contributed by atoms with Crippen LogP contribution >= 0.6 is 0 Å². The molecule has 1 atom stereocenters. The molecule has 0 fully saturated rings. The summed E-state index contributed by atoms with van der Waals surface area (Å²) in [5.74, 6) is 0.111. The molecule has 0 saturated heterocycles. The number of nitrogens with one attached hydrogen (secondary N) is 2. The number of rotatable bonds is 9. The van der Waals surface area contributed by atoms with Crippen molar-refractivity contribution >= 4 is 11.8 Å². The van der Waals surface area contributed by atoms with E-state index >= 15 is 0 Å². The molecule has 1 unspecified atom stereocenters. The van der Waals surface area contributed by atoms with E-state index in [-0.39, 0.29) is 17.7 Å². The fourth-order valence-corrected chi connectivity index (χ4v) is 2.80. The van der Waals surface area contributed by atoms with Gasteiger partial charge >= 0.3 is 0 Å². The molecule has 0 radical (unpaired) electrons. The Kier molecular flexibility index (Phi) is 8.02. The van der Waals surface area contributed by atoms with Gasteiger partial charge in [0.05, 0.1) is 13.7 Å². The van der Waals surface area contributed by atoms with Crippen molar-refractivity contribution in [3.63, 3.8) is 0 Å². The number of hydrogen-bond acceptors (Lipinski definition) is 4. The van der Waals surface area contributed by atoms with Crippen LogP contribution in [0.5, 0.6) is 5.75 Å². The van der Waals surface area contributed by atoms with Gasteiger partial charge in [-0.25, -0.2) is 0 Å². The second kappa shape index (κ2) is 10.5. The number of carbonyl (C=O) groups excluding carboxylic acids is 2. The fraction of sp³-hybridized carbons (Fsp3) is 0.364. The van der Waals surface area contributed by atoms with Crippen molar-refractivity contribution in [3.8, 4) is 5.75 Å². The van der Waals surface area contributed by atoms with Crippen LogP contribution in [0.1, 0.15) is 35.3 Å². The third-order valence-electron chi connectivity index (χ3n) is 4.36. The maximum Gasteiger partial charge on any atom is 0.251 e. The van der Waals surface area contributed by atoms with Crippen LogP contribution in [0.3, 0.4) is 0 Å². The standard InChI is InChI=1S/C22H28N2O4/c1-15(2)20(24-21(25)18-8-10-19(28-4)11-9-18)22(26)23-13-16-6-5-7-17(12-16)14-27-3/h5-12,15,20H,13-14H2,1-4H3,(H,23,26)(H,24,25). The first kappa shape index (κ1) is 21.4. The fourth-order valence-electron chi connectivity index (χ4n) is 2.80. The SMILES string of the molecule is COCc1cccc(CNC(=O)C(NC(=O)c2ccc(OC)cc2)C(C)C)c1. The molecule has 2 aromatic carbocycles. The number of hydrogen-bond donors (Lipinski definition) is 2. The van der Waals surface area contributed by atoms with Gasteiger partial charge in [-0.2, -0.15) is 0 Å². The minimum absolute atomic E-state index is 0.0537. The Morgan fingerprint density at radius 1 is 1.00 bits per heavy atom. The average Bonchev–Trinajstić information content (AvgIpc) is 2.70. The van der Waals surface area contributed by atoms with E-state index in [2.05, 4.69) is 10.6 Å². The van der Waals surface area contributed by atoms with Gasteiger partial charge in [0.2, 0.25) is 5.91 Å². The molecule has 150 valence electrons. The summed E-state index contributed by atoms with van der Waals surface area (Å²) in [6.45, 7) is 4.71. The molecule has 0 spiro atoms. The lowest BCUT2D eigenvalue weighted by Gasteiger charge is -2.22. The minimum Gasteiger partial charge on any atom is -0.497 e. The van der Waals surface area contributed by atoms with E-state index in [9.17, 15) is 9.59 Å². The summed E-state index contributed by atoms with van der Waals surface area (Å²) in [5, 5.41) is 5.74. The average molecular weight is 384 g/mol. The lowest BCUT2D eigenvalue weighted by atomic mass is 10.0. The monoisotopic (exact) mass is 384 g/mol. The first-order chi connectivity index (χ1) is 13.4. The maximum atomic E-state index is 12.7. The van der Waals surface area contributed by atoms with Gasteiger partial charge in [0.15, 0.2) is 0 Å². The van der Waals surface area contributed by atoms with Crippen molar-refractivity contribution in [1.82, 2.24) is 10.6 Å². The molecule has 2 aromatic rings. The van der Waals surface area contributed by atoms with E-state index in [1.54, 1.807) is 38.5 Å². The van der Waals surface area contributed by atoms with Crippen LogP contribution in [0.15, 0.2) is 48.5 Å². The van der Waals surface area contributed by atoms with Gasteiger partial charge in [-0.15, -0.1) is 0 Å². The van der Waals surface area contributed by atoms with Gasteiger partial charge in [0, 0.05) is 19.2 Å². The van der Waals surface area contributed by atoms with E-state index in [1.165, 1.54) is 0 Å². The van der Waals surface area contributed by atoms with Crippen LogP contribution < -0.4 is 15.4 Å². The van der Waals surface area contributed by atoms with Gasteiger partial charge in [-0.05, 0) is 41.3 Å². The van der Waals surface area contributed by atoms with Crippen LogP contribution in [0.4, 0.5) is 0 Å². The molecule has 0 saturated carbocycles. The molecule has 0 aliphatic heterocycles. The Hall–Kier alpha value is -2.86. The highest BCUT2D eigenvalue weighted by molar-refractivity contribution is 5.97. The Balaban J connectivity index is 1.99. The Morgan fingerprint density at radius 3 is 2.29 bits per heavy atom. The van der Waals surface area contributed by atoms with Crippen molar-refractivity contribution in [3.05, 3.63) is 65.2 Å². The highest BCUT2D eigenvalue weighted by atomic mass is 16.5. The number of benzene rings is 2. The summed E-state index contributed by atoms with van der Waals surface area (Å²) in [7, 11) is 3.21. The molecule has 0 aromatic heterocycles.